The quantitative estimate of drug-likeness (QED) is 0.848. The summed E-state index contributed by atoms with van der Waals surface area (Å²) in [6.45, 7) is 4.29. The Morgan fingerprint density at radius 2 is 1.59 bits per heavy atom. The lowest BCUT2D eigenvalue weighted by atomic mass is 9.78. The van der Waals surface area contributed by atoms with Crippen molar-refractivity contribution in [2.45, 2.75) is 25.9 Å². The van der Waals surface area contributed by atoms with Gasteiger partial charge in [-0.3, -0.25) is 4.79 Å². The van der Waals surface area contributed by atoms with Gasteiger partial charge in [0.25, 0.3) is 5.91 Å². The maximum absolute atomic E-state index is 13.0. The first-order valence-electron chi connectivity index (χ1n) is 10.5. The van der Waals surface area contributed by atoms with E-state index in [4.69, 9.17) is 0 Å². The van der Waals surface area contributed by atoms with E-state index in [2.05, 4.69) is 46.2 Å². The van der Waals surface area contributed by atoms with Gasteiger partial charge in [0, 0.05) is 49.4 Å². The molecule has 1 fully saturated rings. The van der Waals surface area contributed by atoms with E-state index in [9.17, 15) is 9.90 Å². The van der Waals surface area contributed by atoms with E-state index < -0.39 is 0 Å². The van der Waals surface area contributed by atoms with Crippen molar-refractivity contribution in [1.82, 2.24) is 9.80 Å². The monoisotopic (exact) mass is 393 g/mol. The number of piperidine rings is 1. The number of amides is 1. The molecule has 0 spiro atoms. The van der Waals surface area contributed by atoms with E-state index in [-0.39, 0.29) is 17.9 Å². The van der Waals surface area contributed by atoms with Crippen LogP contribution in [0.2, 0.25) is 0 Å². The van der Waals surface area contributed by atoms with Gasteiger partial charge in [-0.1, -0.05) is 24.3 Å². The van der Waals surface area contributed by atoms with Crippen LogP contribution in [0.5, 0.6) is 0 Å². The fraction of sp³-hybridized carbons (Fsp3) is 0.458. The lowest BCUT2D eigenvalue weighted by Gasteiger charge is -2.42. The third-order valence-corrected chi connectivity index (χ3v) is 6.42. The van der Waals surface area contributed by atoms with Crippen molar-refractivity contribution in [3.63, 3.8) is 0 Å². The molecular weight excluding hydrogens is 362 g/mol. The van der Waals surface area contributed by atoms with Crippen molar-refractivity contribution in [3.05, 3.63) is 65.2 Å². The van der Waals surface area contributed by atoms with Gasteiger partial charge in [-0.15, -0.1) is 0 Å². The Bertz CT molecular complexity index is 830. The Balaban J connectivity index is 1.38. The van der Waals surface area contributed by atoms with Crippen molar-refractivity contribution in [1.29, 1.82) is 0 Å². The molecule has 2 aliphatic rings. The highest BCUT2D eigenvalue weighted by Gasteiger charge is 2.36. The first-order chi connectivity index (χ1) is 14.0. The molecule has 0 saturated carbocycles. The normalized spacial score (nSPS) is 18.2. The molecule has 5 heteroatoms. The summed E-state index contributed by atoms with van der Waals surface area (Å²) in [5.41, 5.74) is 4.57. The molecule has 2 aliphatic heterocycles. The van der Waals surface area contributed by atoms with Gasteiger partial charge in [0.2, 0.25) is 0 Å². The second-order valence-electron chi connectivity index (χ2n) is 8.86. The summed E-state index contributed by atoms with van der Waals surface area (Å²) in [5, 5.41) is 9.90. The maximum Gasteiger partial charge on any atom is 0.253 e. The van der Waals surface area contributed by atoms with E-state index >= 15 is 0 Å². The average molecular weight is 394 g/mol. The Hall–Kier alpha value is -2.37. The predicted octanol–water partition coefficient (Wildman–Crippen LogP) is 2.98. The number of aliphatic hydroxyl groups excluding tert-OH is 1. The van der Waals surface area contributed by atoms with E-state index in [1.807, 2.05) is 31.1 Å². The van der Waals surface area contributed by atoms with Crippen LogP contribution in [0.4, 0.5) is 5.69 Å². The van der Waals surface area contributed by atoms with Crippen LogP contribution < -0.4 is 4.90 Å². The molecule has 2 aromatic rings. The van der Waals surface area contributed by atoms with Gasteiger partial charge in [0.15, 0.2) is 0 Å². The summed E-state index contributed by atoms with van der Waals surface area (Å²) in [6, 6.07) is 16.6. The zero-order chi connectivity index (χ0) is 20.4. The van der Waals surface area contributed by atoms with Gasteiger partial charge in [-0.25, -0.2) is 0 Å². The number of nitrogens with zero attached hydrogens (tertiary/aromatic N) is 3. The van der Waals surface area contributed by atoms with Crippen LogP contribution >= 0.6 is 0 Å². The predicted molar refractivity (Wildman–Crippen MR) is 116 cm³/mol. The van der Waals surface area contributed by atoms with Gasteiger partial charge in [-0.05, 0) is 62.3 Å². The number of hydrogen-bond donors (Lipinski definition) is 1. The average Bonchev–Trinajstić information content (AvgIpc) is 3.18. The minimum atomic E-state index is -0.0884. The van der Waals surface area contributed by atoms with Crippen LogP contribution in [0.3, 0.4) is 0 Å². The minimum Gasteiger partial charge on any atom is -0.396 e. The molecule has 0 unspecified atom stereocenters. The summed E-state index contributed by atoms with van der Waals surface area (Å²) in [4.78, 5) is 19.4. The fourth-order valence-corrected chi connectivity index (χ4v) is 4.73. The number of rotatable bonds is 5. The van der Waals surface area contributed by atoms with Gasteiger partial charge in [-0.2, -0.15) is 0 Å². The summed E-state index contributed by atoms with van der Waals surface area (Å²) >= 11 is 0. The fourth-order valence-electron chi connectivity index (χ4n) is 4.73. The number of hydrogen-bond acceptors (Lipinski definition) is 4. The van der Waals surface area contributed by atoms with E-state index in [1.54, 1.807) is 0 Å². The second-order valence-corrected chi connectivity index (χ2v) is 8.86. The Kier molecular flexibility index (Phi) is 5.61. The van der Waals surface area contributed by atoms with E-state index in [0.717, 1.165) is 43.7 Å². The molecule has 2 heterocycles. The molecule has 5 nitrogen and oxygen atoms in total. The Morgan fingerprint density at radius 3 is 2.10 bits per heavy atom. The van der Waals surface area contributed by atoms with Gasteiger partial charge in [0.05, 0.1) is 6.61 Å². The largest absolute Gasteiger partial charge is 0.396 e. The summed E-state index contributed by atoms with van der Waals surface area (Å²) in [6.07, 6.45) is 1.69. The molecule has 1 N–H and O–H groups in total. The van der Waals surface area contributed by atoms with E-state index in [0.29, 0.717) is 13.1 Å². The zero-order valence-electron chi connectivity index (χ0n) is 17.5. The molecule has 0 radical (unpaired) electrons. The highest BCUT2D eigenvalue weighted by molar-refractivity contribution is 5.94. The van der Waals surface area contributed by atoms with Crippen LogP contribution in [0.15, 0.2) is 48.5 Å². The third-order valence-electron chi connectivity index (χ3n) is 6.42. The summed E-state index contributed by atoms with van der Waals surface area (Å²) < 4.78 is 0. The first-order valence-corrected chi connectivity index (χ1v) is 10.5. The second kappa shape index (κ2) is 8.17. The Labute approximate surface area is 173 Å². The smallest absolute Gasteiger partial charge is 0.253 e. The van der Waals surface area contributed by atoms with Crippen molar-refractivity contribution >= 4 is 11.6 Å². The molecule has 0 bridgehead atoms. The Morgan fingerprint density at radius 1 is 1.00 bits per heavy atom. The standard InChI is InChI=1S/C24H31N3O2/c1-25(2)17-24(18-28)11-13-26(14-12-24)23(29)19-7-9-22(10-8-19)27-15-20-5-3-4-6-21(20)16-27/h3-10,28H,11-18H2,1-2H3. The molecule has 1 amide bonds. The van der Waals surface area contributed by atoms with Crippen LogP contribution in [-0.2, 0) is 13.1 Å². The topological polar surface area (TPSA) is 47.0 Å². The van der Waals surface area contributed by atoms with Crippen molar-refractivity contribution in [3.8, 4) is 0 Å². The van der Waals surface area contributed by atoms with E-state index in [1.165, 1.54) is 11.1 Å². The van der Waals surface area contributed by atoms with Crippen LogP contribution in [0.25, 0.3) is 0 Å². The molecule has 2 aromatic carbocycles. The molecule has 29 heavy (non-hydrogen) atoms. The highest BCUT2D eigenvalue weighted by Crippen LogP contribution is 2.33. The molecule has 0 aromatic heterocycles. The van der Waals surface area contributed by atoms with Crippen molar-refractivity contribution < 1.29 is 9.90 Å². The molecule has 0 atom stereocenters. The SMILES string of the molecule is CN(C)CC1(CO)CCN(C(=O)c2ccc(N3Cc4ccccc4C3)cc2)CC1. The number of carbonyl (C=O) groups excluding carboxylic acids is 1. The number of fused-ring (bicyclic) bond motifs is 1. The number of carbonyl (C=O) groups is 1. The summed E-state index contributed by atoms with van der Waals surface area (Å²) in [7, 11) is 4.07. The number of aliphatic hydroxyl groups is 1. The number of likely N-dealkylation sites (tertiary alicyclic amines) is 1. The van der Waals surface area contributed by atoms with Gasteiger partial charge >= 0.3 is 0 Å². The maximum atomic E-state index is 13.0. The van der Waals surface area contributed by atoms with Crippen molar-refractivity contribution in [2.75, 3.05) is 45.2 Å². The molecule has 4 rings (SSSR count). The number of anilines is 1. The van der Waals surface area contributed by atoms with Crippen molar-refractivity contribution in [2.24, 2.45) is 5.41 Å². The molecule has 154 valence electrons. The number of benzene rings is 2. The molecule has 1 saturated heterocycles. The van der Waals surface area contributed by atoms with Gasteiger partial charge in [0.1, 0.15) is 0 Å². The van der Waals surface area contributed by atoms with Crippen LogP contribution in [-0.4, -0.2) is 61.2 Å². The lowest BCUT2D eigenvalue weighted by Crippen LogP contribution is -2.48. The van der Waals surface area contributed by atoms with Crippen LogP contribution in [0.1, 0.15) is 34.3 Å². The highest BCUT2D eigenvalue weighted by atomic mass is 16.3. The molecular formula is C24H31N3O2. The molecule has 0 aliphatic carbocycles. The lowest BCUT2D eigenvalue weighted by molar-refractivity contribution is 0.0222. The van der Waals surface area contributed by atoms with Gasteiger partial charge < -0.3 is 19.8 Å². The summed E-state index contributed by atoms with van der Waals surface area (Å²) in [5.74, 6) is 0.0950. The minimum absolute atomic E-state index is 0.0884. The zero-order valence-corrected chi connectivity index (χ0v) is 17.5. The van der Waals surface area contributed by atoms with Crippen LogP contribution in [0, 0.1) is 5.41 Å². The first kappa shape index (κ1) is 19.9. The third kappa shape index (κ3) is 4.16.